The third-order valence-corrected chi connectivity index (χ3v) is 2.98. The summed E-state index contributed by atoms with van der Waals surface area (Å²) in [7, 11) is 0. The summed E-state index contributed by atoms with van der Waals surface area (Å²) >= 11 is 9.24. The Kier molecular flexibility index (Phi) is 2.48. The first kappa shape index (κ1) is 9.55. The van der Waals surface area contributed by atoms with Crippen LogP contribution in [0.25, 0.3) is 11.3 Å². The van der Waals surface area contributed by atoms with E-state index < -0.39 is 0 Å². The van der Waals surface area contributed by atoms with Crippen LogP contribution in [-0.4, -0.2) is 5.16 Å². The normalized spacial score (nSPS) is 10.4. The molecule has 1 aromatic carbocycles. The van der Waals surface area contributed by atoms with Crippen molar-refractivity contribution in [2.24, 2.45) is 0 Å². The van der Waals surface area contributed by atoms with Crippen molar-refractivity contribution in [3.05, 3.63) is 33.8 Å². The summed E-state index contributed by atoms with van der Waals surface area (Å²) in [6, 6.07) is 7.18. The maximum Gasteiger partial charge on any atom is 0.222 e. The number of halogens is 2. The van der Waals surface area contributed by atoms with Crippen molar-refractivity contribution in [3.8, 4) is 11.3 Å². The van der Waals surface area contributed by atoms with E-state index in [1.54, 1.807) is 12.1 Å². The van der Waals surface area contributed by atoms with Crippen LogP contribution in [0.2, 0.25) is 5.02 Å². The molecule has 0 amide bonds. The van der Waals surface area contributed by atoms with Gasteiger partial charge in [0.25, 0.3) is 0 Å². The predicted molar refractivity (Wildman–Crippen MR) is 59.1 cm³/mol. The van der Waals surface area contributed by atoms with Gasteiger partial charge >= 0.3 is 0 Å². The summed E-state index contributed by atoms with van der Waals surface area (Å²) in [4.78, 5) is 0. The van der Waals surface area contributed by atoms with E-state index in [0.717, 1.165) is 10.0 Å². The number of rotatable bonds is 1. The van der Waals surface area contributed by atoms with Gasteiger partial charge in [-0.25, -0.2) is 0 Å². The Morgan fingerprint density at radius 2 is 2.14 bits per heavy atom. The minimum absolute atomic E-state index is 0.291. The fourth-order valence-corrected chi connectivity index (χ4v) is 1.51. The van der Waals surface area contributed by atoms with E-state index in [-0.39, 0.29) is 0 Å². The molecule has 0 saturated carbocycles. The Balaban J connectivity index is 2.47. The summed E-state index contributed by atoms with van der Waals surface area (Å²) < 4.78 is 5.61. The fraction of sp³-hybridized carbons (Fsp3) is 0. The highest BCUT2D eigenvalue weighted by molar-refractivity contribution is 9.10. The molecule has 0 fully saturated rings. The second-order valence-electron chi connectivity index (χ2n) is 2.74. The van der Waals surface area contributed by atoms with Crippen molar-refractivity contribution in [3.63, 3.8) is 0 Å². The molecule has 2 N–H and O–H groups in total. The van der Waals surface area contributed by atoms with Gasteiger partial charge in [-0.2, -0.15) is 0 Å². The molecule has 0 aliphatic carbocycles. The number of hydrogen-bond donors (Lipinski definition) is 1. The molecule has 5 heteroatoms. The summed E-state index contributed by atoms with van der Waals surface area (Å²) in [6.07, 6.45) is 0. The third kappa shape index (κ3) is 1.76. The average molecular weight is 274 g/mol. The zero-order chi connectivity index (χ0) is 10.1. The molecule has 0 aliphatic heterocycles. The van der Waals surface area contributed by atoms with Crippen molar-refractivity contribution in [2.75, 3.05) is 5.73 Å². The maximum absolute atomic E-state index is 5.93. The van der Waals surface area contributed by atoms with Gasteiger partial charge < -0.3 is 10.3 Å². The van der Waals surface area contributed by atoms with Crippen LogP contribution in [0.4, 0.5) is 5.88 Å². The molecule has 0 unspecified atom stereocenters. The van der Waals surface area contributed by atoms with Gasteiger partial charge in [0.2, 0.25) is 5.88 Å². The van der Waals surface area contributed by atoms with Crippen LogP contribution in [0.15, 0.2) is 33.3 Å². The molecule has 14 heavy (non-hydrogen) atoms. The predicted octanol–water partition coefficient (Wildman–Crippen LogP) is 3.34. The monoisotopic (exact) mass is 272 g/mol. The van der Waals surface area contributed by atoms with Gasteiger partial charge in [-0.3, -0.25) is 0 Å². The number of aromatic nitrogens is 1. The SMILES string of the molecule is Nc1cc(-c2ccc(Br)c(Cl)c2)no1. The van der Waals surface area contributed by atoms with E-state index in [9.17, 15) is 0 Å². The van der Waals surface area contributed by atoms with Crippen LogP contribution in [0.1, 0.15) is 0 Å². The van der Waals surface area contributed by atoms with Crippen LogP contribution in [0.5, 0.6) is 0 Å². The van der Waals surface area contributed by atoms with E-state index in [1.165, 1.54) is 0 Å². The Morgan fingerprint density at radius 1 is 1.36 bits per heavy atom. The highest BCUT2D eigenvalue weighted by atomic mass is 79.9. The number of hydrogen-bond acceptors (Lipinski definition) is 3. The van der Waals surface area contributed by atoms with Crippen LogP contribution in [-0.2, 0) is 0 Å². The Bertz CT molecular complexity index is 470. The second kappa shape index (κ2) is 3.63. The number of anilines is 1. The zero-order valence-corrected chi connectivity index (χ0v) is 9.34. The first-order chi connectivity index (χ1) is 6.66. The molecule has 1 aromatic heterocycles. The molecule has 72 valence electrons. The molecular formula is C9H6BrClN2O. The van der Waals surface area contributed by atoms with Gasteiger partial charge in [0.15, 0.2) is 0 Å². The Hall–Kier alpha value is -1.00. The Labute approximate surface area is 94.0 Å². The standard InChI is InChI=1S/C9H6BrClN2O/c10-6-2-1-5(3-7(6)11)8-4-9(12)14-13-8/h1-4H,12H2. The van der Waals surface area contributed by atoms with Crippen molar-refractivity contribution < 1.29 is 4.52 Å². The van der Waals surface area contributed by atoms with Crippen LogP contribution >= 0.6 is 27.5 Å². The zero-order valence-electron chi connectivity index (χ0n) is 7.00. The van der Waals surface area contributed by atoms with Gasteiger partial charge in [0, 0.05) is 16.1 Å². The number of benzene rings is 1. The van der Waals surface area contributed by atoms with Crippen LogP contribution < -0.4 is 5.73 Å². The minimum atomic E-state index is 0.291. The molecule has 0 spiro atoms. The lowest BCUT2D eigenvalue weighted by atomic mass is 10.1. The van der Waals surface area contributed by atoms with E-state index in [2.05, 4.69) is 21.1 Å². The van der Waals surface area contributed by atoms with Crippen molar-refractivity contribution >= 4 is 33.4 Å². The Morgan fingerprint density at radius 3 is 2.71 bits per heavy atom. The van der Waals surface area contributed by atoms with Gasteiger partial charge in [0.05, 0.1) is 5.02 Å². The van der Waals surface area contributed by atoms with Gasteiger partial charge in [0.1, 0.15) is 5.69 Å². The first-order valence-electron chi connectivity index (χ1n) is 3.84. The fourth-order valence-electron chi connectivity index (χ4n) is 1.08. The molecule has 0 aliphatic rings. The highest BCUT2D eigenvalue weighted by Gasteiger charge is 2.05. The molecular weight excluding hydrogens is 267 g/mol. The smallest absolute Gasteiger partial charge is 0.222 e. The van der Waals surface area contributed by atoms with Crippen molar-refractivity contribution in [1.29, 1.82) is 0 Å². The summed E-state index contributed by atoms with van der Waals surface area (Å²) in [5, 5.41) is 4.41. The molecule has 0 bridgehead atoms. The number of nitrogen functional groups attached to an aromatic ring is 1. The lowest BCUT2D eigenvalue weighted by Gasteiger charge is -1.98. The quantitative estimate of drug-likeness (QED) is 0.867. The average Bonchev–Trinajstić information content (AvgIpc) is 2.57. The van der Waals surface area contributed by atoms with Crippen molar-refractivity contribution in [1.82, 2.24) is 5.16 Å². The number of nitrogens with zero attached hydrogens (tertiary/aromatic N) is 1. The lowest BCUT2D eigenvalue weighted by Crippen LogP contribution is -1.78. The van der Waals surface area contributed by atoms with Gasteiger partial charge in [-0.05, 0) is 28.1 Å². The van der Waals surface area contributed by atoms with Gasteiger partial charge in [-0.15, -0.1) is 0 Å². The van der Waals surface area contributed by atoms with E-state index in [1.807, 2.05) is 12.1 Å². The highest BCUT2D eigenvalue weighted by Crippen LogP contribution is 2.28. The molecule has 0 atom stereocenters. The van der Waals surface area contributed by atoms with E-state index in [4.69, 9.17) is 21.9 Å². The van der Waals surface area contributed by atoms with Crippen LogP contribution in [0, 0.1) is 0 Å². The summed E-state index contributed by atoms with van der Waals surface area (Å²) in [5.41, 5.74) is 6.96. The molecule has 2 rings (SSSR count). The summed E-state index contributed by atoms with van der Waals surface area (Å²) in [6.45, 7) is 0. The molecule has 2 aromatic rings. The van der Waals surface area contributed by atoms with Crippen molar-refractivity contribution in [2.45, 2.75) is 0 Å². The lowest BCUT2D eigenvalue weighted by molar-refractivity contribution is 0.439. The molecule has 0 radical (unpaired) electrons. The molecule has 3 nitrogen and oxygen atoms in total. The summed E-state index contributed by atoms with van der Waals surface area (Å²) in [5.74, 6) is 0.291. The van der Waals surface area contributed by atoms with E-state index in [0.29, 0.717) is 16.6 Å². The van der Waals surface area contributed by atoms with E-state index >= 15 is 0 Å². The molecule has 0 saturated heterocycles. The second-order valence-corrected chi connectivity index (χ2v) is 4.00. The topological polar surface area (TPSA) is 52.0 Å². The van der Waals surface area contributed by atoms with Gasteiger partial charge in [-0.1, -0.05) is 22.8 Å². The maximum atomic E-state index is 5.93. The largest absolute Gasteiger partial charge is 0.368 e. The third-order valence-electron chi connectivity index (χ3n) is 1.74. The number of nitrogens with two attached hydrogens (primary N) is 1. The van der Waals surface area contributed by atoms with Crippen LogP contribution in [0.3, 0.4) is 0 Å². The molecule has 1 heterocycles. The minimum Gasteiger partial charge on any atom is -0.368 e. The first-order valence-corrected chi connectivity index (χ1v) is 5.01.